The lowest BCUT2D eigenvalue weighted by atomic mass is 9.81. The third-order valence-electron chi connectivity index (χ3n) is 5.71. The highest BCUT2D eigenvalue weighted by atomic mass is 16.4. The Bertz CT molecular complexity index is 693. The summed E-state index contributed by atoms with van der Waals surface area (Å²) in [6.07, 6.45) is 8.46. The number of unbranched alkanes of at least 4 members (excludes halogenated alkanes) is 1. The molecule has 0 aromatic heterocycles. The zero-order chi connectivity index (χ0) is 20.7. The highest BCUT2D eigenvalue weighted by Crippen LogP contribution is 2.29. The number of carboxylic acids is 1. The summed E-state index contributed by atoms with van der Waals surface area (Å²) in [5.41, 5.74) is 1.10. The topological polar surface area (TPSA) is 77.8 Å². The number of carbonyl (C=O) groups is 2. The smallest absolute Gasteiger partial charge is 0.335 e. The Labute approximate surface area is 168 Å². The molecule has 2 N–H and O–H groups in total. The molecule has 0 bridgehead atoms. The molecule has 1 aliphatic rings. The number of hydrogen-bond donors (Lipinski definition) is 2. The molecule has 1 aromatic rings. The van der Waals surface area contributed by atoms with Crippen molar-refractivity contribution in [2.24, 2.45) is 5.41 Å². The van der Waals surface area contributed by atoms with Crippen molar-refractivity contribution < 1.29 is 19.8 Å². The van der Waals surface area contributed by atoms with Gasteiger partial charge in [-0.25, -0.2) is 4.79 Å². The Morgan fingerprint density at radius 3 is 2.61 bits per heavy atom. The Morgan fingerprint density at radius 1 is 1.32 bits per heavy atom. The molecule has 0 aliphatic carbocycles. The average Bonchev–Trinajstić information content (AvgIpc) is 3.02. The van der Waals surface area contributed by atoms with Crippen LogP contribution >= 0.6 is 0 Å². The van der Waals surface area contributed by atoms with Crippen LogP contribution in [0, 0.1) is 5.41 Å². The van der Waals surface area contributed by atoms with E-state index in [4.69, 9.17) is 5.11 Å². The van der Waals surface area contributed by atoms with E-state index in [9.17, 15) is 14.7 Å². The number of benzene rings is 1. The second kappa shape index (κ2) is 9.87. The fraction of sp³-hybridized carbons (Fsp3) is 0.565. The molecule has 154 valence electrons. The van der Waals surface area contributed by atoms with Crippen molar-refractivity contribution in [1.82, 2.24) is 4.90 Å². The first-order chi connectivity index (χ1) is 13.2. The Hall–Kier alpha value is -2.14. The maximum absolute atomic E-state index is 12.3. The molecule has 1 aliphatic heterocycles. The molecule has 5 nitrogen and oxygen atoms in total. The third kappa shape index (κ3) is 5.93. The van der Waals surface area contributed by atoms with Gasteiger partial charge >= 0.3 is 5.97 Å². The number of amides is 1. The molecule has 1 amide bonds. The van der Waals surface area contributed by atoms with Crippen LogP contribution in [0.3, 0.4) is 0 Å². The van der Waals surface area contributed by atoms with Crippen molar-refractivity contribution in [3.05, 3.63) is 47.5 Å². The summed E-state index contributed by atoms with van der Waals surface area (Å²) in [5.74, 6) is -0.802. The lowest BCUT2D eigenvalue weighted by Crippen LogP contribution is -2.34. The van der Waals surface area contributed by atoms with Gasteiger partial charge in [0.2, 0.25) is 5.91 Å². The Morgan fingerprint density at radius 2 is 2.00 bits per heavy atom. The standard InChI is InChI=1S/C23H33NO4/c1-4-5-15-23(2,3)20(25)12-10-19-11-13-21(26)24(19)16-14-17-6-8-18(9-7-17)22(27)28/h6-10,12,19-20,25H,4-5,11,13-16H2,1-3H3,(H,27,28)/t19?,20-/m0/s1. The van der Waals surface area contributed by atoms with Gasteiger partial charge in [-0.1, -0.05) is 57.9 Å². The first-order valence-electron chi connectivity index (χ1n) is 10.2. The van der Waals surface area contributed by atoms with E-state index in [0.717, 1.165) is 31.2 Å². The first kappa shape index (κ1) is 22.2. The van der Waals surface area contributed by atoms with E-state index in [0.29, 0.717) is 19.4 Å². The summed E-state index contributed by atoms with van der Waals surface area (Å²) >= 11 is 0. The molecule has 1 saturated heterocycles. The van der Waals surface area contributed by atoms with Crippen LogP contribution in [-0.4, -0.2) is 45.7 Å². The van der Waals surface area contributed by atoms with Crippen LogP contribution in [-0.2, 0) is 11.2 Å². The van der Waals surface area contributed by atoms with E-state index < -0.39 is 12.1 Å². The van der Waals surface area contributed by atoms with Crippen LogP contribution in [0.25, 0.3) is 0 Å². The van der Waals surface area contributed by atoms with Crippen molar-refractivity contribution in [2.45, 2.75) is 71.4 Å². The number of carbonyl (C=O) groups excluding carboxylic acids is 1. The second-order valence-corrected chi connectivity index (χ2v) is 8.37. The van der Waals surface area contributed by atoms with Gasteiger partial charge in [0.1, 0.15) is 0 Å². The number of hydrogen-bond acceptors (Lipinski definition) is 3. The molecule has 0 spiro atoms. The van der Waals surface area contributed by atoms with Gasteiger partial charge in [-0.2, -0.15) is 0 Å². The fourth-order valence-electron chi connectivity index (χ4n) is 3.58. The second-order valence-electron chi connectivity index (χ2n) is 8.37. The molecule has 1 heterocycles. The van der Waals surface area contributed by atoms with Gasteiger partial charge in [0.05, 0.1) is 17.7 Å². The summed E-state index contributed by atoms with van der Waals surface area (Å²) in [6, 6.07) is 6.80. The third-order valence-corrected chi connectivity index (χ3v) is 5.71. The number of carboxylic acid groups (broad SMARTS) is 1. The highest BCUT2D eigenvalue weighted by Gasteiger charge is 2.30. The molecule has 5 heteroatoms. The lowest BCUT2D eigenvalue weighted by Gasteiger charge is -2.29. The van der Waals surface area contributed by atoms with Crippen molar-refractivity contribution in [1.29, 1.82) is 0 Å². The molecule has 28 heavy (non-hydrogen) atoms. The number of likely N-dealkylation sites (tertiary alicyclic amines) is 1. The van der Waals surface area contributed by atoms with Gasteiger partial charge in [0.15, 0.2) is 0 Å². The average molecular weight is 388 g/mol. The quantitative estimate of drug-likeness (QED) is 0.594. The Kier molecular flexibility index (Phi) is 7.81. The van der Waals surface area contributed by atoms with E-state index >= 15 is 0 Å². The lowest BCUT2D eigenvalue weighted by molar-refractivity contribution is -0.128. The number of rotatable bonds is 10. The number of nitrogens with zero attached hydrogens (tertiary/aromatic N) is 1. The predicted molar refractivity (Wildman–Crippen MR) is 110 cm³/mol. The van der Waals surface area contributed by atoms with E-state index in [-0.39, 0.29) is 22.9 Å². The van der Waals surface area contributed by atoms with Crippen molar-refractivity contribution in [2.75, 3.05) is 6.54 Å². The van der Waals surface area contributed by atoms with Gasteiger partial charge in [0, 0.05) is 13.0 Å². The Balaban J connectivity index is 1.95. The highest BCUT2D eigenvalue weighted by molar-refractivity contribution is 5.87. The molecular weight excluding hydrogens is 354 g/mol. The van der Waals surface area contributed by atoms with E-state index in [2.05, 4.69) is 20.8 Å². The molecular formula is C23H33NO4. The monoisotopic (exact) mass is 387 g/mol. The van der Waals surface area contributed by atoms with Gasteiger partial charge in [0.25, 0.3) is 0 Å². The van der Waals surface area contributed by atoms with Crippen LogP contribution in [0.5, 0.6) is 0 Å². The number of aliphatic hydroxyl groups excluding tert-OH is 1. The fourth-order valence-corrected chi connectivity index (χ4v) is 3.58. The molecule has 2 atom stereocenters. The van der Waals surface area contributed by atoms with Crippen LogP contribution < -0.4 is 0 Å². The minimum Gasteiger partial charge on any atom is -0.478 e. The largest absolute Gasteiger partial charge is 0.478 e. The van der Waals surface area contributed by atoms with Crippen LogP contribution in [0.1, 0.15) is 68.8 Å². The van der Waals surface area contributed by atoms with Gasteiger partial charge in [-0.3, -0.25) is 4.79 Å². The van der Waals surface area contributed by atoms with Gasteiger partial charge in [-0.05, 0) is 42.4 Å². The van der Waals surface area contributed by atoms with Crippen molar-refractivity contribution in [3.8, 4) is 0 Å². The molecule has 0 radical (unpaired) electrons. The molecule has 2 rings (SSSR count). The summed E-state index contributed by atoms with van der Waals surface area (Å²) in [6.45, 7) is 6.90. The summed E-state index contributed by atoms with van der Waals surface area (Å²) in [4.78, 5) is 25.1. The summed E-state index contributed by atoms with van der Waals surface area (Å²) in [7, 11) is 0. The molecule has 1 aromatic carbocycles. The minimum absolute atomic E-state index is 0.0161. The number of aromatic carboxylic acids is 1. The zero-order valence-corrected chi connectivity index (χ0v) is 17.2. The summed E-state index contributed by atoms with van der Waals surface area (Å²) in [5, 5.41) is 19.5. The zero-order valence-electron chi connectivity index (χ0n) is 17.2. The van der Waals surface area contributed by atoms with E-state index in [1.165, 1.54) is 0 Å². The van der Waals surface area contributed by atoms with Crippen molar-refractivity contribution >= 4 is 11.9 Å². The summed E-state index contributed by atoms with van der Waals surface area (Å²) < 4.78 is 0. The number of aliphatic hydroxyl groups is 1. The van der Waals surface area contributed by atoms with Crippen molar-refractivity contribution in [3.63, 3.8) is 0 Å². The van der Waals surface area contributed by atoms with Crippen LogP contribution in [0.4, 0.5) is 0 Å². The van der Waals surface area contributed by atoms with E-state index in [1.54, 1.807) is 24.3 Å². The van der Waals surface area contributed by atoms with Crippen LogP contribution in [0.2, 0.25) is 0 Å². The first-order valence-corrected chi connectivity index (χ1v) is 10.2. The molecule has 1 fully saturated rings. The predicted octanol–water partition coefficient (Wildman–Crippen LogP) is 4.05. The van der Waals surface area contributed by atoms with E-state index in [1.807, 2.05) is 17.1 Å². The maximum Gasteiger partial charge on any atom is 0.335 e. The van der Waals surface area contributed by atoms with Gasteiger partial charge in [-0.15, -0.1) is 0 Å². The normalized spacial score (nSPS) is 18.8. The minimum atomic E-state index is -0.938. The SMILES string of the molecule is CCCCC(C)(C)[C@@H](O)C=CC1CCC(=O)N1CCc1ccc(C(=O)O)cc1. The molecule has 1 unspecified atom stereocenters. The van der Waals surface area contributed by atoms with Crippen LogP contribution in [0.15, 0.2) is 36.4 Å². The maximum atomic E-state index is 12.3. The van der Waals surface area contributed by atoms with Gasteiger partial charge < -0.3 is 15.1 Å². The molecule has 0 saturated carbocycles.